The van der Waals surface area contributed by atoms with E-state index in [1.165, 1.54) is 6.92 Å². The molecule has 14 nitrogen and oxygen atoms in total. The van der Waals surface area contributed by atoms with Crippen molar-refractivity contribution >= 4 is 41.2 Å². The summed E-state index contributed by atoms with van der Waals surface area (Å²) in [6, 6.07) is 12.5. The highest BCUT2D eigenvalue weighted by atomic mass is 16.2. The minimum absolute atomic E-state index is 0.0873. The number of benzene rings is 2. The predicted molar refractivity (Wildman–Crippen MR) is 220 cm³/mol. The van der Waals surface area contributed by atoms with E-state index in [-0.39, 0.29) is 49.0 Å². The fourth-order valence-electron chi connectivity index (χ4n) is 6.31. The first-order valence-electron chi connectivity index (χ1n) is 20.0. The van der Waals surface area contributed by atoms with Gasteiger partial charge in [0.25, 0.3) is 0 Å². The van der Waals surface area contributed by atoms with Crippen molar-refractivity contribution in [3.63, 3.8) is 0 Å². The second kappa shape index (κ2) is 23.8. The van der Waals surface area contributed by atoms with Gasteiger partial charge in [0.15, 0.2) is 5.78 Å². The molecular weight excluding hydrogens is 727 g/mol. The molecule has 0 aliphatic heterocycles. The lowest BCUT2D eigenvalue weighted by Gasteiger charge is -2.29. The average molecular weight is 792 g/mol. The molecule has 2 aromatic carbocycles. The Hall–Kier alpha value is -5.11. The molecule has 0 aromatic heterocycles. The first-order chi connectivity index (χ1) is 26.8. The highest BCUT2D eigenvalue weighted by Crippen LogP contribution is 2.13. The zero-order valence-electron chi connectivity index (χ0n) is 35.0. The lowest BCUT2D eigenvalue weighted by molar-refractivity contribution is -0.134. The van der Waals surface area contributed by atoms with Gasteiger partial charge in [-0.2, -0.15) is 0 Å². The predicted octanol–water partition coefficient (Wildman–Crippen LogP) is 2.33. The summed E-state index contributed by atoms with van der Waals surface area (Å²) in [5, 5.41) is 17.0. The van der Waals surface area contributed by atoms with E-state index in [1.54, 1.807) is 27.7 Å². The van der Waals surface area contributed by atoms with E-state index in [0.29, 0.717) is 12.8 Å². The molecule has 5 unspecified atom stereocenters. The molecule has 0 saturated carbocycles. The van der Waals surface area contributed by atoms with E-state index >= 15 is 0 Å². The van der Waals surface area contributed by atoms with Gasteiger partial charge < -0.3 is 32.3 Å². The minimum atomic E-state index is -1.05. The fraction of sp³-hybridized carbons (Fsp3) is 0.558. The van der Waals surface area contributed by atoms with Crippen LogP contribution in [0.5, 0.6) is 0 Å². The molecule has 314 valence electrons. The van der Waals surface area contributed by atoms with Gasteiger partial charge in [-0.3, -0.25) is 38.9 Å². The van der Waals surface area contributed by atoms with Gasteiger partial charge in [-0.15, -0.1) is 0 Å². The van der Waals surface area contributed by atoms with Crippen molar-refractivity contribution in [3.05, 3.63) is 71.8 Å². The van der Waals surface area contributed by atoms with Crippen molar-refractivity contribution in [1.82, 2.24) is 31.9 Å². The Morgan fingerprint density at radius 2 is 1.02 bits per heavy atom. The molecule has 8 N–H and O–H groups in total. The smallest absolute Gasteiger partial charge is 0.243 e. The molecular formula is C43H65N7O7. The van der Waals surface area contributed by atoms with Crippen molar-refractivity contribution < 1.29 is 33.6 Å². The van der Waals surface area contributed by atoms with Crippen LogP contribution in [0.25, 0.3) is 0 Å². The average Bonchev–Trinajstić information content (AvgIpc) is 3.15. The number of carbonyl (C=O) groups is 7. The Morgan fingerprint density at radius 1 is 0.561 bits per heavy atom. The van der Waals surface area contributed by atoms with E-state index in [9.17, 15) is 33.6 Å². The van der Waals surface area contributed by atoms with E-state index in [4.69, 9.17) is 5.73 Å². The molecule has 0 aliphatic carbocycles. The SMILES string of the molecule is CCC(C)C(NC(=O)C(Cc1ccccc1)NCC(=O)[C@H](Cc1ccccc1)NC(=O)C(NC(=O)C(CC(C)C)NC(C)=O)C(C)C)C(=O)N[C@H](C(N)=O)C(C)C. The lowest BCUT2D eigenvalue weighted by atomic mass is 9.95. The minimum Gasteiger partial charge on any atom is -0.368 e. The molecule has 2 rings (SSSR count). The fourth-order valence-corrected chi connectivity index (χ4v) is 6.31. The molecule has 0 fully saturated rings. The largest absolute Gasteiger partial charge is 0.368 e. The summed E-state index contributed by atoms with van der Waals surface area (Å²) in [6.07, 6.45) is 1.22. The zero-order valence-corrected chi connectivity index (χ0v) is 35.0. The monoisotopic (exact) mass is 791 g/mol. The van der Waals surface area contributed by atoms with Gasteiger partial charge in [0.05, 0.1) is 18.6 Å². The molecule has 0 radical (unpaired) electrons. The van der Waals surface area contributed by atoms with Gasteiger partial charge in [0.2, 0.25) is 35.4 Å². The Balaban J connectivity index is 2.39. The summed E-state index contributed by atoms with van der Waals surface area (Å²) in [5.41, 5.74) is 7.13. The first-order valence-corrected chi connectivity index (χ1v) is 20.0. The van der Waals surface area contributed by atoms with Crippen molar-refractivity contribution in [2.45, 2.75) is 124 Å². The van der Waals surface area contributed by atoms with E-state index in [1.807, 2.05) is 88.4 Å². The van der Waals surface area contributed by atoms with Crippen LogP contribution in [0.4, 0.5) is 0 Å². The Bertz CT molecular complexity index is 1630. The third kappa shape index (κ3) is 16.5. The molecule has 0 aliphatic rings. The second-order valence-electron chi connectivity index (χ2n) is 16.0. The summed E-state index contributed by atoms with van der Waals surface area (Å²) in [7, 11) is 0. The van der Waals surface area contributed by atoms with Crippen LogP contribution in [0.15, 0.2) is 60.7 Å². The van der Waals surface area contributed by atoms with Crippen LogP contribution in [0.2, 0.25) is 0 Å². The summed E-state index contributed by atoms with van der Waals surface area (Å²) < 4.78 is 0. The third-order valence-corrected chi connectivity index (χ3v) is 9.82. The summed E-state index contributed by atoms with van der Waals surface area (Å²) in [5.74, 6) is -4.51. The van der Waals surface area contributed by atoms with Crippen molar-refractivity contribution in [2.24, 2.45) is 29.4 Å². The zero-order chi connectivity index (χ0) is 42.8. The highest BCUT2D eigenvalue weighted by Gasteiger charge is 2.34. The number of rotatable bonds is 24. The molecule has 57 heavy (non-hydrogen) atoms. The standard InChI is InChI=1S/C43H65N7O7/c1-10-28(8)38(43(57)48-36(26(4)5)39(44)53)50-40(54)33(23-31-19-15-12-16-20-31)45-24-35(52)32(22-30-17-13-11-14-18-30)47-42(56)37(27(6)7)49-41(55)34(21-25(2)3)46-29(9)51/h11-20,25-28,32-34,36-38,45H,10,21-24H2,1-9H3,(H2,44,53)(H,46,51)(H,47,56)(H,48,57)(H,49,55)(H,50,54)/t28?,32-,33?,34?,36-,37?,38?/m0/s1. The van der Waals surface area contributed by atoms with Gasteiger partial charge in [0, 0.05) is 6.92 Å². The Kier molecular flexibility index (Phi) is 20.1. The topological polar surface area (TPSA) is 218 Å². The van der Waals surface area contributed by atoms with Crippen LogP contribution in [0, 0.1) is 23.7 Å². The third-order valence-electron chi connectivity index (χ3n) is 9.82. The molecule has 0 spiro atoms. The Labute approximate surface area is 338 Å². The maximum atomic E-state index is 14.1. The van der Waals surface area contributed by atoms with Gasteiger partial charge >= 0.3 is 0 Å². The second-order valence-corrected chi connectivity index (χ2v) is 16.0. The summed E-state index contributed by atoms with van der Waals surface area (Å²) in [6.45, 7) is 15.6. The first kappa shape index (κ1) is 48.0. The number of hydrogen-bond donors (Lipinski definition) is 7. The van der Waals surface area contributed by atoms with E-state index < -0.39 is 71.6 Å². The van der Waals surface area contributed by atoms with Crippen LogP contribution >= 0.6 is 0 Å². The van der Waals surface area contributed by atoms with Gasteiger partial charge in [-0.05, 0) is 54.1 Å². The molecule has 14 heteroatoms. The van der Waals surface area contributed by atoms with Crippen molar-refractivity contribution in [3.8, 4) is 0 Å². The van der Waals surface area contributed by atoms with Crippen LogP contribution in [0.3, 0.4) is 0 Å². The number of nitrogens with two attached hydrogens (primary N) is 1. The van der Waals surface area contributed by atoms with E-state index in [2.05, 4.69) is 31.9 Å². The van der Waals surface area contributed by atoms with Crippen molar-refractivity contribution in [2.75, 3.05) is 6.54 Å². The number of hydrogen-bond acceptors (Lipinski definition) is 8. The maximum absolute atomic E-state index is 14.1. The number of amides is 6. The maximum Gasteiger partial charge on any atom is 0.243 e. The normalized spacial score (nSPS) is 15.0. The molecule has 6 amide bonds. The molecule has 7 atom stereocenters. The van der Waals surface area contributed by atoms with Crippen LogP contribution in [-0.4, -0.2) is 84.0 Å². The number of Topliss-reactive ketones (excluding diaryl/α,β-unsaturated/α-hetero) is 1. The van der Waals surface area contributed by atoms with Crippen molar-refractivity contribution in [1.29, 1.82) is 0 Å². The molecule has 0 bridgehead atoms. The Morgan fingerprint density at radius 3 is 1.47 bits per heavy atom. The highest BCUT2D eigenvalue weighted by molar-refractivity contribution is 5.96. The van der Waals surface area contributed by atoms with Gasteiger partial charge in [-0.1, -0.05) is 122 Å². The number of ketones is 1. The molecule has 2 aromatic rings. The summed E-state index contributed by atoms with van der Waals surface area (Å²) >= 11 is 0. The van der Waals surface area contributed by atoms with E-state index in [0.717, 1.165) is 11.1 Å². The van der Waals surface area contributed by atoms with Crippen LogP contribution < -0.4 is 37.6 Å². The van der Waals surface area contributed by atoms with Gasteiger partial charge in [0.1, 0.15) is 24.2 Å². The quantitative estimate of drug-likeness (QED) is 0.0836. The number of primary amides is 1. The lowest BCUT2D eigenvalue weighted by Crippen LogP contribution is -2.60. The molecule has 0 heterocycles. The number of carbonyl (C=O) groups excluding carboxylic acids is 7. The summed E-state index contributed by atoms with van der Waals surface area (Å²) in [4.78, 5) is 92.9. The van der Waals surface area contributed by atoms with Crippen LogP contribution in [0.1, 0.15) is 86.3 Å². The van der Waals surface area contributed by atoms with Crippen LogP contribution in [-0.2, 0) is 46.4 Å². The number of nitrogens with one attached hydrogen (secondary N) is 6. The van der Waals surface area contributed by atoms with Gasteiger partial charge in [-0.25, -0.2) is 0 Å². The molecule has 0 saturated heterocycles.